The van der Waals surface area contributed by atoms with Crippen molar-refractivity contribution in [2.45, 2.75) is 37.7 Å². The van der Waals surface area contributed by atoms with Crippen molar-refractivity contribution in [1.82, 2.24) is 0 Å². The molecule has 0 bridgehead atoms. The lowest BCUT2D eigenvalue weighted by Gasteiger charge is -2.24. The van der Waals surface area contributed by atoms with E-state index in [9.17, 15) is 8.42 Å². The second-order valence-corrected chi connectivity index (χ2v) is 5.94. The van der Waals surface area contributed by atoms with Gasteiger partial charge in [-0.2, -0.15) is 0 Å². The van der Waals surface area contributed by atoms with Gasteiger partial charge in [-0.3, -0.25) is 0 Å². The van der Waals surface area contributed by atoms with Crippen LogP contribution >= 0.6 is 0 Å². The molecule has 84 valence electrons. The van der Waals surface area contributed by atoms with Crippen LogP contribution in [0.3, 0.4) is 0 Å². The van der Waals surface area contributed by atoms with Gasteiger partial charge in [-0.25, -0.2) is 8.42 Å². The lowest BCUT2D eigenvalue weighted by molar-refractivity contribution is -0.141. The fraction of sp³-hybridized carbons (Fsp3) is 1.00. The highest BCUT2D eigenvalue weighted by Crippen LogP contribution is 2.47. The van der Waals surface area contributed by atoms with E-state index in [1.54, 1.807) is 0 Å². The van der Waals surface area contributed by atoms with Gasteiger partial charge in [-0.1, -0.05) is 0 Å². The maximum atomic E-state index is 11.5. The van der Waals surface area contributed by atoms with E-state index in [2.05, 4.69) is 0 Å². The Morgan fingerprint density at radius 2 is 1.64 bits per heavy atom. The molecule has 0 heterocycles. The molecule has 0 aliphatic heterocycles. The summed E-state index contributed by atoms with van der Waals surface area (Å²) in [6.07, 6.45) is 1.96. The number of sulfone groups is 1. The van der Waals surface area contributed by atoms with E-state index in [4.69, 9.17) is 9.47 Å². The Balaban J connectivity index is 2.77. The number of ether oxygens (including phenoxy) is 2. The van der Waals surface area contributed by atoms with Crippen LogP contribution in [0.15, 0.2) is 0 Å². The molecule has 4 nitrogen and oxygen atoms in total. The standard InChI is InChI=1S/C9H18O4S/c1-4-12-8(13-5-2)9(6-7-9)14(3,10)11/h8H,4-7H2,1-3H3. The monoisotopic (exact) mass is 222 g/mol. The molecule has 0 atom stereocenters. The minimum Gasteiger partial charge on any atom is -0.351 e. The molecule has 5 heteroatoms. The Morgan fingerprint density at radius 3 is 1.86 bits per heavy atom. The molecule has 1 saturated carbocycles. The molecule has 0 unspecified atom stereocenters. The smallest absolute Gasteiger partial charge is 0.176 e. The molecule has 14 heavy (non-hydrogen) atoms. The van der Waals surface area contributed by atoms with Crippen LogP contribution in [0.1, 0.15) is 26.7 Å². The molecule has 0 N–H and O–H groups in total. The average Bonchev–Trinajstić information content (AvgIpc) is 2.82. The number of hydrogen-bond acceptors (Lipinski definition) is 4. The maximum absolute atomic E-state index is 11.5. The Morgan fingerprint density at radius 1 is 1.21 bits per heavy atom. The molecule has 0 aromatic rings. The molecule has 0 amide bonds. The fourth-order valence-corrected chi connectivity index (χ4v) is 2.89. The minimum atomic E-state index is -3.08. The summed E-state index contributed by atoms with van der Waals surface area (Å²) in [5.41, 5.74) is 0. The van der Waals surface area contributed by atoms with Gasteiger partial charge in [-0.05, 0) is 26.7 Å². The lowest BCUT2D eigenvalue weighted by Crippen LogP contribution is -2.40. The van der Waals surface area contributed by atoms with E-state index in [0.29, 0.717) is 26.1 Å². The summed E-state index contributed by atoms with van der Waals surface area (Å²) in [6.45, 7) is 4.62. The topological polar surface area (TPSA) is 52.6 Å². The number of hydrogen-bond donors (Lipinski definition) is 0. The zero-order valence-electron chi connectivity index (χ0n) is 8.95. The van der Waals surface area contributed by atoms with Crippen molar-refractivity contribution < 1.29 is 17.9 Å². The quantitative estimate of drug-likeness (QED) is 0.628. The van der Waals surface area contributed by atoms with Crippen LogP contribution in [0.25, 0.3) is 0 Å². The molecule has 1 aliphatic carbocycles. The van der Waals surface area contributed by atoms with Crippen LogP contribution in [0.2, 0.25) is 0 Å². The first-order chi connectivity index (χ1) is 6.48. The lowest BCUT2D eigenvalue weighted by atomic mass is 10.4. The third-order valence-corrected chi connectivity index (χ3v) is 4.62. The fourth-order valence-electron chi connectivity index (χ4n) is 1.56. The highest BCUT2D eigenvalue weighted by atomic mass is 32.2. The van der Waals surface area contributed by atoms with E-state index >= 15 is 0 Å². The predicted octanol–water partition coefficient (Wildman–Crippen LogP) is 0.963. The van der Waals surface area contributed by atoms with Gasteiger partial charge in [0.25, 0.3) is 0 Å². The highest BCUT2D eigenvalue weighted by molar-refractivity contribution is 7.92. The molecule has 1 aliphatic rings. The summed E-state index contributed by atoms with van der Waals surface area (Å²) in [7, 11) is -3.08. The molecule has 0 aromatic heterocycles. The molecule has 0 saturated heterocycles. The normalized spacial score (nSPS) is 20.0. The highest BCUT2D eigenvalue weighted by Gasteiger charge is 2.59. The van der Waals surface area contributed by atoms with Crippen molar-refractivity contribution in [3.05, 3.63) is 0 Å². The number of rotatable bonds is 6. The summed E-state index contributed by atoms with van der Waals surface area (Å²) in [6, 6.07) is 0. The van der Waals surface area contributed by atoms with Gasteiger partial charge in [0, 0.05) is 19.5 Å². The Bertz CT molecular complexity index is 273. The van der Waals surface area contributed by atoms with Crippen molar-refractivity contribution in [2.75, 3.05) is 19.5 Å². The summed E-state index contributed by atoms with van der Waals surface area (Å²) in [4.78, 5) is 0. The SMILES string of the molecule is CCOC(OCC)C1(S(C)(=O)=O)CC1. The van der Waals surface area contributed by atoms with Crippen molar-refractivity contribution >= 4 is 9.84 Å². The molecule has 1 fully saturated rings. The van der Waals surface area contributed by atoms with Crippen molar-refractivity contribution in [3.63, 3.8) is 0 Å². The predicted molar refractivity (Wildman–Crippen MR) is 53.8 cm³/mol. The van der Waals surface area contributed by atoms with Crippen LogP contribution in [0.5, 0.6) is 0 Å². The van der Waals surface area contributed by atoms with Gasteiger partial charge < -0.3 is 9.47 Å². The molecule has 0 spiro atoms. The van der Waals surface area contributed by atoms with Gasteiger partial charge in [0.15, 0.2) is 16.1 Å². The van der Waals surface area contributed by atoms with E-state index in [-0.39, 0.29) is 0 Å². The maximum Gasteiger partial charge on any atom is 0.176 e. The Hall–Kier alpha value is -0.130. The zero-order valence-corrected chi connectivity index (χ0v) is 9.76. The third kappa shape index (κ3) is 2.10. The van der Waals surface area contributed by atoms with Gasteiger partial charge >= 0.3 is 0 Å². The summed E-state index contributed by atoms with van der Waals surface area (Å²) >= 11 is 0. The molecular weight excluding hydrogens is 204 g/mol. The van der Waals surface area contributed by atoms with E-state index in [0.717, 1.165) is 0 Å². The Kier molecular flexibility index (Phi) is 3.55. The van der Waals surface area contributed by atoms with E-state index < -0.39 is 20.9 Å². The molecular formula is C9H18O4S. The van der Waals surface area contributed by atoms with Crippen LogP contribution in [-0.2, 0) is 19.3 Å². The second kappa shape index (κ2) is 4.16. The summed E-state index contributed by atoms with van der Waals surface area (Å²) in [5.74, 6) is 0. The van der Waals surface area contributed by atoms with Crippen LogP contribution in [0.4, 0.5) is 0 Å². The van der Waals surface area contributed by atoms with Crippen molar-refractivity contribution in [2.24, 2.45) is 0 Å². The summed E-state index contributed by atoms with van der Waals surface area (Å²) in [5, 5.41) is 0. The second-order valence-electron chi connectivity index (χ2n) is 3.58. The average molecular weight is 222 g/mol. The van der Waals surface area contributed by atoms with Gasteiger partial charge in [-0.15, -0.1) is 0 Å². The third-order valence-electron chi connectivity index (χ3n) is 2.55. The molecule has 0 aromatic carbocycles. The van der Waals surface area contributed by atoms with Gasteiger partial charge in [0.2, 0.25) is 0 Å². The van der Waals surface area contributed by atoms with Crippen molar-refractivity contribution in [1.29, 1.82) is 0 Å². The minimum absolute atomic E-state index is 0.474. The van der Waals surface area contributed by atoms with Crippen molar-refractivity contribution in [3.8, 4) is 0 Å². The van der Waals surface area contributed by atoms with Crippen LogP contribution < -0.4 is 0 Å². The van der Waals surface area contributed by atoms with Gasteiger partial charge in [0.1, 0.15) is 4.75 Å². The van der Waals surface area contributed by atoms with Crippen LogP contribution in [0, 0.1) is 0 Å². The first-order valence-electron chi connectivity index (χ1n) is 4.90. The van der Waals surface area contributed by atoms with E-state index in [1.807, 2.05) is 13.8 Å². The summed E-state index contributed by atoms with van der Waals surface area (Å²) < 4.78 is 33.0. The molecule has 1 rings (SSSR count). The van der Waals surface area contributed by atoms with Gasteiger partial charge in [0.05, 0.1) is 0 Å². The molecule has 0 radical (unpaired) electrons. The first kappa shape index (κ1) is 11.9. The zero-order chi connectivity index (χ0) is 10.8. The van der Waals surface area contributed by atoms with E-state index in [1.165, 1.54) is 6.26 Å². The Labute approximate surface area is 85.5 Å². The largest absolute Gasteiger partial charge is 0.351 e. The first-order valence-corrected chi connectivity index (χ1v) is 6.80. The van der Waals surface area contributed by atoms with Crippen LogP contribution in [-0.4, -0.2) is 38.9 Å².